The first-order valence-electron chi connectivity index (χ1n) is 7.40. The topological polar surface area (TPSA) is 94.8 Å². The third kappa shape index (κ3) is 4.48. The molecule has 2 unspecified atom stereocenters. The van der Waals surface area contributed by atoms with Crippen LogP contribution in [0.3, 0.4) is 0 Å². The molecule has 0 radical (unpaired) electrons. The van der Waals surface area contributed by atoms with Crippen LogP contribution in [0.1, 0.15) is 13.8 Å². The standard InChI is InChI=1S/C15H20N4O3S2/c1-11-8-19(9-12(2)22-11)24(20,21)14-6-4-13(5-7-14)18-15(23-3)17-10-16/h4-7,11-12H,8-9H2,1-3H3,(H,17,18). The lowest BCUT2D eigenvalue weighted by Gasteiger charge is -2.34. The van der Waals surface area contributed by atoms with Gasteiger partial charge in [-0.25, -0.2) is 13.4 Å². The molecule has 1 heterocycles. The normalized spacial score (nSPS) is 22.8. The predicted molar refractivity (Wildman–Crippen MR) is 94.6 cm³/mol. The van der Waals surface area contributed by atoms with Gasteiger partial charge in [0.25, 0.3) is 0 Å². The number of morpholine rings is 1. The Hall–Kier alpha value is -1.60. The average molecular weight is 368 g/mol. The van der Waals surface area contributed by atoms with E-state index in [4.69, 9.17) is 10.00 Å². The fourth-order valence-corrected chi connectivity index (χ4v) is 4.39. The summed E-state index contributed by atoms with van der Waals surface area (Å²) in [6, 6.07) is 6.30. The highest BCUT2D eigenvalue weighted by Crippen LogP contribution is 2.23. The molecular formula is C15H20N4O3S2. The van der Waals surface area contributed by atoms with E-state index in [1.165, 1.54) is 28.2 Å². The van der Waals surface area contributed by atoms with Crippen LogP contribution in [-0.2, 0) is 14.8 Å². The van der Waals surface area contributed by atoms with Crippen LogP contribution in [0.2, 0.25) is 0 Å². The van der Waals surface area contributed by atoms with Gasteiger partial charge in [-0.15, -0.1) is 0 Å². The van der Waals surface area contributed by atoms with E-state index in [2.05, 4.69) is 10.3 Å². The number of ether oxygens (including phenoxy) is 1. The molecule has 1 aliphatic heterocycles. The SMILES string of the molecule is CSC(=Nc1ccc(S(=O)(=O)N2CC(C)OC(C)C2)cc1)NC#N. The first-order chi connectivity index (χ1) is 11.4. The zero-order valence-corrected chi connectivity index (χ0v) is 15.4. The van der Waals surface area contributed by atoms with Crippen LogP contribution in [0, 0.1) is 11.5 Å². The van der Waals surface area contributed by atoms with Gasteiger partial charge in [-0.1, -0.05) is 11.8 Å². The van der Waals surface area contributed by atoms with E-state index in [1.54, 1.807) is 18.4 Å². The number of benzene rings is 1. The molecule has 9 heteroatoms. The molecule has 1 fully saturated rings. The number of hydrogen-bond donors (Lipinski definition) is 1. The summed E-state index contributed by atoms with van der Waals surface area (Å²) in [5.74, 6) is 0. The van der Waals surface area contributed by atoms with Crippen molar-refractivity contribution < 1.29 is 13.2 Å². The second-order valence-corrected chi connectivity index (χ2v) is 8.16. The van der Waals surface area contributed by atoms with Crippen LogP contribution in [0.25, 0.3) is 0 Å². The molecular weight excluding hydrogens is 348 g/mol. The Balaban J connectivity index is 2.22. The highest BCUT2D eigenvalue weighted by molar-refractivity contribution is 8.13. The molecule has 1 aromatic rings. The summed E-state index contributed by atoms with van der Waals surface area (Å²) in [4.78, 5) is 4.47. The molecule has 1 aromatic carbocycles. The summed E-state index contributed by atoms with van der Waals surface area (Å²) >= 11 is 1.30. The van der Waals surface area contributed by atoms with Gasteiger partial charge in [0, 0.05) is 13.1 Å². The lowest BCUT2D eigenvalue weighted by molar-refractivity contribution is -0.0440. The molecule has 0 spiro atoms. The number of nitrogens with zero attached hydrogens (tertiary/aromatic N) is 3. The number of rotatable bonds is 3. The van der Waals surface area contributed by atoms with Crippen LogP contribution in [0.15, 0.2) is 34.2 Å². The lowest BCUT2D eigenvalue weighted by Crippen LogP contribution is -2.48. The minimum atomic E-state index is -3.56. The van der Waals surface area contributed by atoms with Crippen LogP contribution >= 0.6 is 11.8 Å². The molecule has 0 aliphatic carbocycles. The summed E-state index contributed by atoms with van der Waals surface area (Å²) in [7, 11) is -3.56. The van der Waals surface area contributed by atoms with E-state index in [9.17, 15) is 8.42 Å². The van der Waals surface area contributed by atoms with E-state index in [1.807, 2.05) is 20.0 Å². The van der Waals surface area contributed by atoms with Crippen molar-refractivity contribution in [3.8, 4) is 6.19 Å². The van der Waals surface area contributed by atoms with Gasteiger partial charge < -0.3 is 4.74 Å². The summed E-state index contributed by atoms with van der Waals surface area (Å²) in [5.41, 5.74) is 0.574. The Morgan fingerprint density at radius 1 is 1.33 bits per heavy atom. The maximum absolute atomic E-state index is 12.7. The highest BCUT2D eigenvalue weighted by Gasteiger charge is 2.32. The quantitative estimate of drug-likeness (QED) is 0.379. The van der Waals surface area contributed by atoms with Gasteiger partial charge in [0.15, 0.2) is 11.4 Å². The molecule has 0 bridgehead atoms. The third-order valence-corrected chi connectivity index (χ3v) is 5.87. The number of nitriles is 1. The Bertz CT molecular complexity index is 731. The molecule has 2 atom stereocenters. The van der Waals surface area contributed by atoms with Crippen LogP contribution < -0.4 is 5.32 Å². The third-order valence-electron chi connectivity index (χ3n) is 3.45. The van der Waals surface area contributed by atoms with E-state index >= 15 is 0 Å². The summed E-state index contributed by atoms with van der Waals surface area (Å²) < 4.78 is 32.5. The number of nitrogens with one attached hydrogen (secondary N) is 1. The van der Waals surface area contributed by atoms with E-state index in [0.717, 1.165) is 0 Å². The van der Waals surface area contributed by atoms with E-state index in [0.29, 0.717) is 23.9 Å². The summed E-state index contributed by atoms with van der Waals surface area (Å²) in [6.45, 7) is 4.41. The molecule has 0 amide bonds. The fraction of sp³-hybridized carbons (Fsp3) is 0.467. The van der Waals surface area contributed by atoms with Gasteiger partial charge >= 0.3 is 0 Å². The van der Waals surface area contributed by atoms with Crippen LogP contribution in [-0.4, -0.2) is 49.4 Å². The zero-order chi connectivity index (χ0) is 17.7. The molecule has 0 saturated carbocycles. The predicted octanol–water partition coefficient (Wildman–Crippen LogP) is 1.91. The number of thioether (sulfide) groups is 1. The van der Waals surface area contributed by atoms with Crippen molar-refractivity contribution in [1.82, 2.24) is 9.62 Å². The van der Waals surface area contributed by atoms with E-state index < -0.39 is 10.0 Å². The van der Waals surface area contributed by atoms with Gasteiger partial charge in [0.2, 0.25) is 10.0 Å². The summed E-state index contributed by atoms with van der Waals surface area (Å²) in [5, 5.41) is 11.5. The first kappa shape index (κ1) is 18.7. The maximum Gasteiger partial charge on any atom is 0.243 e. The second kappa shape index (κ2) is 7.98. The molecule has 1 N–H and O–H groups in total. The average Bonchev–Trinajstić information content (AvgIpc) is 2.54. The minimum absolute atomic E-state index is 0.131. The van der Waals surface area contributed by atoms with Gasteiger partial charge in [-0.05, 0) is 44.4 Å². The van der Waals surface area contributed by atoms with Gasteiger partial charge in [0.1, 0.15) is 0 Å². The number of hydrogen-bond acceptors (Lipinski definition) is 6. The molecule has 130 valence electrons. The van der Waals surface area contributed by atoms with Crippen molar-refractivity contribution in [1.29, 1.82) is 5.26 Å². The van der Waals surface area contributed by atoms with Crippen molar-refractivity contribution in [2.45, 2.75) is 31.0 Å². The van der Waals surface area contributed by atoms with Crippen LogP contribution in [0.4, 0.5) is 5.69 Å². The second-order valence-electron chi connectivity index (χ2n) is 5.43. The zero-order valence-electron chi connectivity index (χ0n) is 13.8. The smallest absolute Gasteiger partial charge is 0.243 e. The van der Waals surface area contributed by atoms with Crippen molar-refractivity contribution in [2.24, 2.45) is 4.99 Å². The molecule has 1 aliphatic rings. The molecule has 1 saturated heterocycles. The maximum atomic E-state index is 12.7. The minimum Gasteiger partial charge on any atom is -0.373 e. The Morgan fingerprint density at radius 3 is 2.42 bits per heavy atom. The molecule has 0 aromatic heterocycles. The largest absolute Gasteiger partial charge is 0.373 e. The number of sulfonamides is 1. The van der Waals surface area contributed by atoms with Crippen molar-refractivity contribution in [2.75, 3.05) is 19.3 Å². The first-order valence-corrected chi connectivity index (χ1v) is 10.1. The van der Waals surface area contributed by atoms with Gasteiger partial charge in [-0.2, -0.15) is 9.57 Å². The lowest BCUT2D eigenvalue weighted by atomic mass is 10.3. The Morgan fingerprint density at radius 2 is 1.92 bits per heavy atom. The Kier molecular flexibility index (Phi) is 6.23. The van der Waals surface area contributed by atoms with Crippen molar-refractivity contribution in [3.63, 3.8) is 0 Å². The fourth-order valence-electron chi connectivity index (χ4n) is 2.46. The van der Waals surface area contributed by atoms with E-state index in [-0.39, 0.29) is 17.1 Å². The van der Waals surface area contributed by atoms with Gasteiger partial charge in [-0.3, -0.25) is 5.32 Å². The molecule has 7 nitrogen and oxygen atoms in total. The Labute approximate surface area is 146 Å². The highest BCUT2D eigenvalue weighted by atomic mass is 32.2. The van der Waals surface area contributed by atoms with Crippen molar-refractivity contribution in [3.05, 3.63) is 24.3 Å². The van der Waals surface area contributed by atoms with Gasteiger partial charge in [0.05, 0.1) is 22.8 Å². The number of aliphatic imine (C=N–C) groups is 1. The molecule has 2 rings (SSSR count). The summed E-state index contributed by atoms with van der Waals surface area (Å²) in [6.07, 6.45) is 3.34. The van der Waals surface area contributed by atoms with Crippen molar-refractivity contribution >= 4 is 32.6 Å². The molecule has 24 heavy (non-hydrogen) atoms. The van der Waals surface area contributed by atoms with Crippen LogP contribution in [0.5, 0.6) is 0 Å². The number of amidine groups is 1. The monoisotopic (exact) mass is 368 g/mol.